The van der Waals surface area contributed by atoms with Crippen LogP contribution in [-0.2, 0) is 0 Å². The van der Waals surface area contributed by atoms with Gasteiger partial charge in [-0.05, 0) is 61.9 Å². The molecule has 0 amide bonds. The molecule has 7 aromatic rings. The van der Waals surface area contributed by atoms with E-state index in [2.05, 4.69) is 157 Å². The van der Waals surface area contributed by atoms with Crippen molar-refractivity contribution in [3.8, 4) is 11.1 Å². The van der Waals surface area contributed by atoms with E-state index in [0.29, 0.717) is 5.92 Å². The van der Waals surface area contributed by atoms with Crippen molar-refractivity contribution < 1.29 is 0 Å². The molecule has 0 N–H and O–H groups in total. The molecule has 190 valence electrons. The van der Waals surface area contributed by atoms with E-state index in [1.54, 1.807) is 0 Å². The van der Waals surface area contributed by atoms with Crippen LogP contribution in [0, 0.1) is 5.92 Å². The molecule has 1 heterocycles. The van der Waals surface area contributed by atoms with Gasteiger partial charge in [0.05, 0.1) is 6.04 Å². The Hall–Kier alpha value is -4.88. The van der Waals surface area contributed by atoms with Gasteiger partial charge in [-0.2, -0.15) is 0 Å². The van der Waals surface area contributed by atoms with Crippen molar-refractivity contribution in [2.24, 2.45) is 5.92 Å². The number of para-hydroxylation sites is 2. The maximum absolute atomic E-state index is 2.54. The predicted octanol–water partition coefficient (Wildman–Crippen LogP) is 10.6. The van der Waals surface area contributed by atoms with Gasteiger partial charge in [0, 0.05) is 21.8 Å². The molecule has 0 saturated heterocycles. The Morgan fingerprint density at radius 3 is 1.45 bits per heavy atom. The van der Waals surface area contributed by atoms with Crippen molar-refractivity contribution in [3.05, 3.63) is 151 Å². The number of rotatable bonds is 3. The van der Waals surface area contributed by atoms with Crippen LogP contribution in [0.5, 0.6) is 0 Å². The number of aromatic nitrogens is 1. The van der Waals surface area contributed by atoms with Crippen molar-refractivity contribution in [2.75, 3.05) is 0 Å². The highest BCUT2D eigenvalue weighted by Crippen LogP contribution is 2.45. The molecule has 0 spiro atoms. The lowest BCUT2D eigenvalue weighted by atomic mass is 9.82. The zero-order valence-corrected chi connectivity index (χ0v) is 22.5. The summed E-state index contributed by atoms with van der Waals surface area (Å²) < 4.78 is 2.54. The van der Waals surface area contributed by atoms with Gasteiger partial charge in [-0.25, -0.2) is 0 Å². The lowest BCUT2D eigenvalue weighted by Crippen LogP contribution is -2.16. The van der Waals surface area contributed by atoms with Gasteiger partial charge in [0.2, 0.25) is 0 Å². The van der Waals surface area contributed by atoms with E-state index < -0.39 is 0 Å². The summed E-state index contributed by atoms with van der Waals surface area (Å²) in [5.74, 6) is 0.325. The quantitative estimate of drug-likeness (QED) is 0.208. The van der Waals surface area contributed by atoms with E-state index in [1.165, 1.54) is 65.6 Å². The van der Waals surface area contributed by atoms with Gasteiger partial charge < -0.3 is 4.57 Å². The van der Waals surface area contributed by atoms with Gasteiger partial charge in [-0.15, -0.1) is 0 Å². The first kappa shape index (κ1) is 23.0. The smallest absolute Gasteiger partial charge is 0.0586 e. The van der Waals surface area contributed by atoms with Crippen LogP contribution in [-0.4, -0.2) is 4.57 Å². The predicted molar refractivity (Wildman–Crippen MR) is 172 cm³/mol. The Labute approximate surface area is 234 Å². The highest BCUT2D eigenvalue weighted by Gasteiger charge is 2.25. The monoisotopic (exact) mass is 511 g/mol. The molecule has 8 rings (SSSR count). The Morgan fingerprint density at radius 2 is 0.925 bits per heavy atom. The van der Waals surface area contributed by atoms with Gasteiger partial charge >= 0.3 is 0 Å². The fourth-order valence-corrected chi connectivity index (χ4v) is 6.93. The molecule has 6 aromatic carbocycles. The van der Waals surface area contributed by atoms with Crippen molar-refractivity contribution in [1.29, 1.82) is 0 Å². The second kappa shape index (κ2) is 9.10. The van der Waals surface area contributed by atoms with Gasteiger partial charge in [0.1, 0.15) is 0 Å². The largest absolute Gasteiger partial charge is 0.333 e. The summed E-state index contributed by atoms with van der Waals surface area (Å²) in [7, 11) is 0. The van der Waals surface area contributed by atoms with Crippen LogP contribution in [0.15, 0.2) is 146 Å². The second-order valence-electron chi connectivity index (χ2n) is 10.9. The minimum atomic E-state index is 0.245. The number of hydrogen-bond acceptors (Lipinski definition) is 0. The van der Waals surface area contributed by atoms with E-state index in [4.69, 9.17) is 0 Å². The first-order chi connectivity index (χ1) is 19.8. The maximum Gasteiger partial charge on any atom is 0.0586 e. The summed E-state index contributed by atoms with van der Waals surface area (Å²) >= 11 is 0. The molecule has 1 heteroatoms. The van der Waals surface area contributed by atoms with Crippen molar-refractivity contribution >= 4 is 48.9 Å². The molecule has 40 heavy (non-hydrogen) atoms. The number of benzene rings is 6. The van der Waals surface area contributed by atoms with Crippen LogP contribution in [0.1, 0.15) is 18.5 Å². The molecule has 1 aliphatic carbocycles. The zero-order chi connectivity index (χ0) is 26.6. The van der Waals surface area contributed by atoms with E-state index >= 15 is 0 Å². The SMILES string of the molecule is CC1C=C(c2c3ccccc3c(-c3ccccc3)c3ccccc23)C=CC1n1c2ccccc2c2ccccc21. The van der Waals surface area contributed by atoms with Gasteiger partial charge in [-0.3, -0.25) is 0 Å². The summed E-state index contributed by atoms with van der Waals surface area (Å²) in [6, 6.07) is 46.5. The Kier molecular flexibility index (Phi) is 5.24. The maximum atomic E-state index is 2.54. The summed E-state index contributed by atoms with van der Waals surface area (Å²) in [4.78, 5) is 0. The minimum absolute atomic E-state index is 0.245. The van der Waals surface area contributed by atoms with Gasteiger partial charge in [0.25, 0.3) is 0 Å². The molecular formula is C39H29N. The molecule has 1 aromatic heterocycles. The number of fused-ring (bicyclic) bond motifs is 5. The highest BCUT2D eigenvalue weighted by molar-refractivity contribution is 6.19. The average molecular weight is 512 g/mol. The third-order valence-corrected chi connectivity index (χ3v) is 8.65. The Morgan fingerprint density at radius 1 is 0.475 bits per heavy atom. The minimum Gasteiger partial charge on any atom is -0.333 e. The van der Waals surface area contributed by atoms with E-state index in [9.17, 15) is 0 Å². The first-order valence-electron chi connectivity index (χ1n) is 14.2. The number of allylic oxidation sites excluding steroid dienone is 4. The fourth-order valence-electron chi connectivity index (χ4n) is 6.93. The molecule has 0 radical (unpaired) electrons. The van der Waals surface area contributed by atoms with Crippen LogP contribution in [0.3, 0.4) is 0 Å². The standard InChI is InChI=1S/C39H29N/c1-26-25-28(23-24-35(26)40-36-21-11-9-15-29(36)30-16-10-12-22-37(30)40)39-33-19-7-5-17-31(33)38(27-13-3-2-4-14-27)32-18-6-8-20-34(32)39/h2-26,35H,1H3. The third-order valence-electron chi connectivity index (χ3n) is 8.65. The van der Waals surface area contributed by atoms with Crippen LogP contribution in [0.25, 0.3) is 60.1 Å². The molecule has 1 aliphatic rings. The Bertz CT molecular complexity index is 2010. The van der Waals surface area contributed by atoms with Crippen LogP contribution >= 0.6 is 0 Å². The van der Waals surface area contributed by atoms with Crippen molar-refractivity contribution in [2.45, 2.75) is 13.0 Å². The molecule has 0 saturated carbocycles. The normalized spacial score (nSPS) is 17.2. The lowest BCUT2D eigenvalue weighted by Gasteiger charge is -2.28. The van der Waals surface area contributed by atoms with Crippen molar-refractivity contribution in [3.63, 3.8) is 0 Å². The molecule has 0 bridgehead atoms. The molecular weight excluding hydrogens is 482 g/mol. The van der Waals surface area contributed by atoms with E-state index in [0.717, 1.165) is 0 Å². The fraction of sp³-hybridized carbons (Fsp3) is 0.0769. The summed E-state index contributed by atoms with van der Waals surface area (Å²) in [6.45, 7) is 2.36. The number of hydrogen-bond donors (Lipinski definition) is 0. The molecule has 0 aliphatic heterocycles. The van der Waals surface area contributed by atoms with E-state index in [-0.39, 0.29) is 6.04 Å². The third kappa shape index (κ3) is 3.41. The van der Waals surface area contributed by atoms with Gasteiger partial charge in [-0.1, -0.05) is 140 Å². The molecule has 0 fully saturated rings. The Balaban J connectivity index is 1.34. The van der Waals surface area contributed by atoms with E-state index in [1.807, 2.05) is 0 Å². The summed E-state index contributed by atoms with van der Waals surface area (Å²) in [5.41, 5.74) is 7.79. The lowest BCUT2D eigenvalue weighted by molar-refractivity contribution is 0.512. The van der Waals surface area contributed by atoms with Crippen LogP contribution < -0.4 is 0 Å². The molecule has 2 unspecified atom stereocenters. The molecule has 2 atom stereocenters. The van der Waals surface area contributed by atoms with Crippen molar-refractivity contribution in [1.82, 2.24) is 4.57 Å². The highest BCUT2D eigenvalue weighted by atomic mass is 15.0. The summed E-state index contributed by atoms with van der Waals surface area (Å²) in [5, 5.41) is 7.85. The summed E-state index contributed by atoms with van der Waals surface area (Å²) in [6.07, 6.45) is 7.28. The molecule has 1 nitrogen and oxygen atoms in total. The average Bonchev–Trinajstić information content (AvgIpc) is 3.34. The number of nitrogens with zero attached hydrogens (tertiary/aromatic N) is 1. The van der Waals surface area contributed by atoms with Crippen LogP contribution in [0.4, 0.5) is 0 Å². The zero-order valence-electron chi connectivity index (χ0n) is 22.5. The van der Waals surface area contributed by atoms with Gasteiger partial charge in [0.15, 0.2) is 0 Å². The van der Waals surface area contributed by atoms with Crippen LogP contribution in [0.2, 0.25) is 0 Å². The first-order valence-corrected chi connectivity index (χ1v) is 14.2. The second-order valence-corrected chi connectivity index (χ2v) is 10.9. The topological polar surface area (TPSA) is 4.93 Å².